The van der Waals surface area contributed by atoms with Crippen molar-refractivity contribution in [3.05, 3.63) is 167 Å². The average molecular weight is 600 g/mol. The van der Waals surface area contributed by atoms with Crippen molar-refractivity contribution in [2.75, 3.05) is 0 Å². The maximum Gasteiger partial charge on any atom is 0.212 e. The van der Waals surface area contributed by atoms with E-state index < -0.39 is 5.41 Å². The smallest absolute Gasteiger partial charge is 0.212 e. The van der Waals surface area contributed by atoms with Crippen LogP contribution in [0.5, 0.6) is 0 Å². The number of hydrogen-bond acceptors (Lipinski definition) is 1. The SMILES string of the molecule is C[n+]1c(-c2cccc(C(C)(C)C)c2)cccc1C1(c2cccc(-c3cccc(C(C)(C)C)c3)n2)c2ccccc2-c2ccccc21. The molecular formula is C44H43N2+. The van der Waals surface area contributed by atoms with Crippen molar-refractivity contribution in [2.45, 2.75) is 57.8 Å². The molecule has 46 heavy (non-hydrogen) atoms. The van der Waals surface area contributed by atoms with Gasteiger partial charge in [0.1, 0.15) is 12.5 Å². The molecule has 0 radical (unpaired) electrons. The van der Waals surface area contributed by atoms with Crippen LogP contribution in [-0.2, 0) is 23.3 Å². The third-order valence-corrected chi connectivity index (χ3v) is 9.75. The van der Waals surface area contributed by atoms with E-state index in [-0.39, 0.29) is 10.8 Å². The standard InChI is InChI=1S/C44H43N2/c1-42(2,3)32-18-12-16-30(28-32)38-24-14-26-40(45-38)44(36-22-10-8-20-34(36)35-21-9-11-23-37(35)44)41-27-15-25-39(46(41)7)31-17-13-19-33(29-31)43(4,5)6/h8-29H,1-7H3/q+1. The summed E-state index contributed by atoms with van der Waals surface area (Å²) in [6.07, 6.45) is 0. The summed E-state index contributed by atoms with van der Waals surface area (Å²) < 4.78 is 2.40. The third-order valence-electron chi connectivity index (χ3n) is 9.75. The second kappa shape index (κ2) is 10.9. The molecule has 0 spiro atoms. The largest absolute Gasteiger partial charge is 0.251 e. The predicted octanol–water partition coefficient (Wildman–Crippen LogP) is 10.2. The van der Waals surface area contributed by atoms with Gasteiger partial charge in [0, 0.05) is 23.3 Å². The lowest BCUT2D eigenvalue weighted by Gasteiger charge is -2.30. The molecule has 2 heteroatoms. The summed E-state index contributed by atoms with van der Waals surface area (Å²) in [5.41, 5.74) is 13.9. The third kappa shape index (κ3) is 4.79. The van der Waals surface area contributed by atoms with Crippen molar-refractivity contribution in [3.63, 3.8) is 0 Å². The van der Waals surface area contributed by atoms with Crippen LogP contribution in [0.1, 0.15) is 75.2 Å². The van der Waals surface area contributed by atoms with Crippen molar-refractivity contribution < 1.29 is 4.57 Å². The number of aromatic nitrogens is 2. The Bertz CT molecular complexity index is 2040. The summed E-state index contributed by atoms with van der Waals surface area (Å²) in [6, 6.07) is 49.0. The minimum absolute atomic E-state index is 0.0522. The molecule has 0 bridgehead atoms. The Morgan fingerprint density at radius 2 is 1.04 bits per heavy atom. The monoisotopic (exact) mass is 599 g/mol. The molecule has 7 rings (SSSR count). The molecule has 0 amide bonds. The van der Waals surface area contributed by atoms with Gasteiger partial charge in [-0.25, -0.2) is 0 Å². The Morgan fingerprint density at radius 1 is 0.522 bits per heavy atom. The molecule has 0 unspecified atom stereocenters. The zero-order valence-electron chi connectivity index (χ0n) is 28.1. The second-order valence-electron chi connectivity index (χ2n) is 14.8. The quantitative estimate of drug-likeness (QED) is 0.184. The Kier molecular flexibility index (Phi) is 7.09. The lowest BCUT2D eigenvalue weighted by atomic mass is 9.71. The van der Waals surface area contributed by atoms with E-state index in [2.05, 4.69) is 187 Å². The normalized spacial score (nSPS) is 13.7. The van der Waals surface area contributed by atoms with Crippen LogP contribution in [0.15, 0.2) is 133 Å². The minimum Gasteiger partial charge on any atom is -0.251 e. The molecule has 4 aromatic carbocycles. The fourth-order valence-electron chi connectivity index (χ4n) is 7.26. The Balaban J connectivity index is 1.53. The summed E-state index contributed by atoms with van der Waals surface area (Å²) in [4.78, 5) is 5.57. The Hall–Kier alpha value is -4.82. The zero-order chi connectivity index (χ0) is 32.3. The van der Waals surface area contributed by atoms with E-state index in [1.54, 1.807) is 0 Å². The molecule has 2 heterocycles. The van der Waals surface area contributed by atoms with Gasteiger partial charge in [-0.15, -0.1) is 0 Å². The molecule has 228 valence electrons. The van der Waals surface area contributed by atoms with Crippen LogP contribution in [0.4, 0.5) is 0 Å². The molecule has 2 nitrogen and oxygen atoms in total. The molecule has 1 aliphatic rings. The maximum atomic E-state index is 5.57. The summed E-state index contributed by atoms with van der Waals surface area (Å²) in [6.45, 7) is 13.6. The van der Waals surface area contributed by atoms with Crippen LogP contribution in [0.25, 0.3) is 33.6 Å². The average Bonchev–Trinajstić information content (AvgIpc) is 3.35. The van der Waals surface area contributed by atoms with Gasteiger partial charge >= 0.3 is 0 Å². The second-order valence-corrected chi connectivity index (χ2v) is 14.8. The summed E-state index contributed by atoms with van der Waals surface area (Å²) in [5.74, 6) is 0. The van der Waals surface area contributed by atoms with E-state index in [9.17, 15) is 0 Å². The molecule has 0 fully saturated rings. The molecule has 1 aliphatic carbocycles. The van der Waals surface area contributed by atoms with Gasteiger partial charge in [0.2, 0.25) is 11.4 Å². The molecule has 0 N–H and O–H groups in total. The van der Waals surface area contributed by atoms with Crippen molar-refractivity contribution in [2.24, 2.45) is 7.05 Å². The van der Waals surface area contributed by atoms with Gasteiger partial charge < -0.3 is 0 Å². The van der Waals surface area contributed by atoms with Crippen LogP contribution < -0.4 is 4.57 Å². The highest BCUT2D eigenvalue weighted by atomic mass is 15.0. The highest BCUT2D eigenvalue weighted by Crippen LogP contribution is 2.55. The maximum absolute atomic E-state index is 5.57. The molecule has 0 atom stereocenters. The van der Waals surface area contributed by atoms with Gasteiger partial charge in [-0.3, -0.25) is 4.98 Å². The lowest BCUT2D eigenvalue weighted by molar-refractivity contribution is -0.670. The Morgan fingerprint density at radius 3 is 1.65 bits per heavy atom. The van der Waals surface area contributed by atoms with Crippen molar-refractivity contribution in [1.82, 2.24) is 4.98 Å². The highest BCUT2D eigenvalue weighted by molar-refractivity contribution is 5.85. The highest BCUT2D eigenvalue weighted by Gasteiger charge is 2.52. The van der Waals surface area contributed by atoms with Gasteiger partial charge in [-0.05, 0) is 80.6 Å². The number of pyridine rings is 2. The van der Waals surface area contributed by atoms with Crippen LogP contribution in [0.2, 0.25) is 0 Å². The number of rotatable bonds is 4. The molecule has 6 aromatic rings. The minimum atomic E-state index is -0.614. The van der Waals surface area contributed by atoms with E-state index in [1.165, 1.54) is 50.3 Å². The van der Waals surface area contributed by atoms with Crippen molar-refractivity contribution in [1.29, 1.82) is 0 Å². The Labute approximate surface area is 274 Å². The van der Waals surface area contributed by atoms with E-state index >= 15 is 0 Å². The van der Waals surface area contributed by atoms with Gasteiger partial charge in [0.05, 0.1) is 11.4 Å². The molecule has 0 aliphatic heterocycles. The van der Waals surface area contributed by atoms with E-state index in [4.69, 9.17) is 4.98 Å². The van der Waals surface area contributed by atoms with E-state index in [0.717, 1.165) is 17.0 Å². The summed E-state index contributed by atoms with van der Waals surface area (Å²) in [5, 5.41) is 0. The van der Waals surface area contributed by atoms with E-state index in [1.807, 2.05) is 0 Å². The van der Waals surface area contributed by atoms with Crippen LogP contribution >= 0.6 is 0 Å². The lowest BCUT2D eigenvalue weighted by Crippen LogP contribution is -2.46. The van der Waals surface area contributed by atoms with Crippen LogP contribution in [-0.4, -0.2) is 4.98 Å². The van der Waals surface area contributed by atoms with Crippen molar-refractivity contribution >= 4 is 0 Å². The van der Waals surface area contributed by atoms with E-state index in [0.29, 0.717) is 0 Å². The number of benzene rings is 4. The fourth-order valence-corrected chi connectivity index (χ4v) is 7.26. The fraction of sp³-hybridized carbons (Fsp3) is 0.227. The molecule has 0 saturated heterocycles. The van der Waals surface area contributed by atoms with Crippen LogP contribution in [0.3, 0.4) is 0 Å². The first-order valence-electron chi connectivity index (χ1n) is 16.4. The van der Waals surface area contributed by atoms with Gasteiger partial charge in [-0.1, -0.05) is 126 Å². The summed E-state index contributed by atoms with van der Waals surface area (Å²) >= 11 is 0. The first-order chi connectivity index (χ1) is 22.0. The molecular weight excluding hydrogens is 556 g/mol. The molecule has 2 aromatic heterocycles. The number of fused-ring (bicyclic) bond motifs is 3. The van der Waals surface area contributed by atoms with Gasteiger partial charge in [0.15, 0.2) is 0 Å². The summed E-state index contributed by atoms with van der Waals surface area (Å²) in [7, 11) is 2.22. The predicted molar refractivity (Wildman–Crippen MR) is 191 cm³/mol. The topological polar surface area (TPSA) is 16.8 Å². The molecule has 0 saturated carbocycles. The van der Waals surface area contributed by atoms with Crippen LogP contribution in [0, 0.1) is 0 Å². The first kappa shape index (κ1) is 29.9. The van der Waals surface area contributed by atoms with Gasteiger partial charge in [0.25, 0.3) is 0 Å². The number of hydrogen-bond donors (Lipinski definition) is 0. The van der Waals surface area contributed by atoms with Crippen molar-refractivity contribution in [3.8, 4) is 33.6 Å². The first-order valence-corrected chi connectivity index (χ1v) is 16.4. The zero-order valence-corrected chi connectivity index (χ0v) is 28.1. The van der Waals surface area contributed by atoms with Gasteiger partial charge in [-0.2, -0.15) is 4.57 Å². The number of nitrogens with zero attached hydrogens (tertiary/aromatic N) is 2.